The van der Waals surface area contributed by atoms with Crippen molar-refractivity contribution in [3.63, 3.8) is 0 Å². The quantitative estimate of drug-likeness (QED) is 0.460. The van der Waals surface area contributed by atoms with Gasteiger partial charge in [-0.1, -0.05) is 6.08 Å². The van der Waals surface area contributed by atoms with Crippen molar-refractivity contribution in [3.05, 3.63) is 11.6 Å². The molecule has 0 aromatic rings. The lowest BCUT2D eigenvalue weighted by atomic mass is 10.00. The summed E-state index contributed by atoms with van der Waals surface area (Å²) in [5.74, 6) is -0.407. The van der Waals surface area contributed by atoms with Crippen LogP contribution in [0.5, 0.6) is 0 Å². The van der Waals surface area contributed by atoms with E-state index in [9.17, 15) is 22.8 Å². The Morgan fingerprint density at radius 2 is 1.84 bits per heavy atom. The maximum atomic E-state index is 12.9. The van der Waals surface area contributed by atoms with Crippen LogP contribution in [0.15, 0.2) is 11.6 Å². The highest BCUT2D eigenvalue weighted by Gasteiger charge is 2.49. The van der Waals surface area contributed by atoms with Crippen LogP contribution in [0.1, 0.15) is 40.5 Å². The molecule has 3 rings (SSSR count). The van der Waals surface area contributed by atoms with Gasteiger partial charge in [0.1, 0.15) is 17.7 Å². The van der Waals surface area contributed by atoms with Crippen LogP contribution in [-0.4, -0.2) is 89.2 Å². The third kappa shape index (κ3) is 5.46. The van der Waals surface area contributed by atoms with Gasteiger partial charge in [-0.05, 0) is 46.1 Å². The molecule has 0 aromatic heterocycles. The van der Waals surface area contributed by atoms with Gasteiger partial charge in [0, 0.05) is 19.1 Å². The van der Waals surface area contributed by atoms with E-state index >= 15 is 0 Å². The van der Waals surface area contributed by atoms with Gasteiger partial charge in [0.05, 0.1) is 6.54 Å². The van der Waals surface area contributed by atoms with Gasteiger partial charge in [-0.3, -0.25) is 9.35 Å². The van der Waals surface area contributed by atoms with Crippen molar-refractivity contribution in [2.75, 3.05) is 19.6 Å². The van der Waals surface area contributed by atoms with Gasteiger partial charge in [0.15, 0.2) is 0 Å². The first-order valence-electron chi connectivity index (χ1n) is 9.98. The Bertz CT molecular complexity index is 889. The molecule has 0 saturated carbocycles. The number of ether oxygens (including phenoxy) is 1. The first-order valence-corrected chi connectivity index (χ1v) is 11.3. The van der Waals surface area contributed by atoms with Gasteiger partial charge >= 0.3 is 22.5 Å². The number of nitrogens with one attached hydrogen (secondary N) is 1. The third-order valence-corrected chi connectivity index (χ3v) is 5.65. The van der Waals surface area contributed by atoms with E-state index in [1.54, 1.807) is 38.7 Å². The van der Waals surface area contributed by atoms with E-state index in [2.05, 4.69) is 9.60 Å². The van der Waals surface area contributed by atoms with E-state index in [1.165, 1.54) is 4.90 Å². The van der Waals surface area contributed by atoms with Crippen molar-refractivity contribution in [1.82, 2.24) is 20.2 Å². The zero-order valence-corrected chi connectivity index (χ0v) is 18.7. The molecule has 2 unspecified atom stereocenters. The van der Waals surface area contributed by atoms with Gasteiger partial charge in [0.2, 0.25) is 5.91 Å². The maximum absolute atomic E-state index is 12.9. The Kier molecular flexibility index (Phi) is 6.22. The summed E-state index contributed by atoms with van der Waals surface area (Å²) >= 11 is 0. The molecule has 2 bridgehead atoms. The maximum Gasteiger partial charge on any atom is 0.418 e. The number of rotatable bonds is 4. The van der Waals surface area contributed by atoms with Crippen LogP contribution in [0.25, 0.3) is 0 Å². The number of likely N-dealkylation sites (tertiary alicyclic amines) is 1. The normalized spacial score (nSPS) is 24.9. The molecule has 4 amide bonds. The molecule has 0 spiro atoms. The Balaban J connectivity index is 1.58. The van der Waals surface area contributed by atoms with Crippen molar-refractivity contribution >= 4 is 28.4 Å². The molecular weight excluding hydrogens is 432 g/mol. The minimum atomic E-state index is -4.88. The molecule has 2 N–H and O–H groups in total. The largest absolute Gasteiger partial charge is 0.444 e. The van der Waals surface area contributed by atoms with Gasteiger partial charge in [0.25, 0.3) is 0 Å². The predicted octanol–water partition coefficient (Wildman–Crippen LogP) is 0.671. The average Bonchev–Trinajstić information content (AvgIpc) is 2.89. The van der Waals surface area contributed by atoms with E-state index in [0.29, 0.717) is 36.6 Å². The molecule has 2 fully saturated rings. The van der Waals surface area contributed by atoms with Crippen molar-refractivity contribution < 1.29 is 36.4 Å². The monoisotopic (exact) mass is 460 g/mol. The summed E-state index contributed by atoms with van der Waals surface area (Å²) in [5.41, 5.74) is -0.00826. The lowest BCUT2D eigenvalue weighted by Crippen LogP contribution is -2.53. The fourth-order valence-corrected chi connectivity index (χ4v) is 4.20. The fraction of sp³-hybridized carbons (Fsp3) is 0.722. The number of amides is 4. The number of carbonyl (C=O) groups is 3. The van der Waals surface area contributed by atoms with Gasteiger partial charge < -0.3 is 19.9 Å². The molecule has 3 aliphatic heterocycles. The molecule has 0 radical (unpaired) electrons. The molecule has 3 heterocycles. The highest BCUT2D eigenvalue weighted by Crippen LogP contribution is 2.31. The predicted molar refractivity (Wildman–Crippen MR) is 107 cm³/mol. The number of piperidine rings is 1. The van der Waals surface area contributed by atoms with Gasteiger partial charge in [-0.2, -0.15) is 13.5 Å². The summed E-state index contributed by atoms with van der Waals surface area (Å²) in [7, 11) is -4.88. The minimum Gasteiger partial charge on any atom is -0.444 e. The third-order valence-electron chi connectivity index (χ3n) is 5.31. The number of hydroxylamine groups is 2. The summed E-state index contributed by atoms with van der Waals surface area (Å²) in [4.78, 5) is 40.3. The van der Waals surface area contributed by atoms with Crippen molar-refractivity contribution in [1.29, 1.82) is 0 Å². The summed E-state index contributed by atoms with van der Waals surface area (Å²) in [6.07, 6.45) is 2.25. The highest BCUT2D eigenvalue weighted by molar-refractivity contribution is 7.80. The topological polar surface area (TPSA) is 146 Å². The number of fused-ring (bicyclic) bond motifs is 2. The van der Waals surface area contributed by atoms with Crippen molar-refractivity contribution in [3.8, 4) is 0 Å². The average molecular weight is 461 g/mol. The Morgan fingerprint density at radius 3 is 2.39 bits per heavy atom. The van der Waals surface area contributed by atoms with Gasteiger partial charge in [-0.15, -0.1) is 4.28 Å². The summed E-state index contributed by atoms with van der Waals surface area (Å²) in [6.45, 7) is 7.96. The highest BCUT2D eigenvalue weighted by atomic mass is 32.3. The number of carbonyl (C=O) groups excluding carboxylic acids is 3. The van der Waals surface area contributed by atoms with E-state index in [-0.39, 0.29) is 12.6 Å². The van der Waals surface area contributed by atoms with Crippen LogP contribution < -0.4 is 5.32 Å². The lowest BCUT2D eigenvalue weighted by Gasteiger charge is -2.35. The number of nitrogens with zero attached hydrogens (tertiary/aromatic N) is 3. The first kappa shape index (κ1) is 23.3. The number of urea groups is 1. The van der Waals surface area contributed by atoms with Gasteiger partial charge in [-0.25, -0.2) is 9.59 Å². The van der Waals surface area contributed by atoms with Crippen LogP contribution in [0.3, 0.4) is 0 Å². The van der Waals surface area contributed by atoms with Crippen LogP contribution in [0.4, 0.5) is 9.59 Å². The SMILES string of the molecule is CC1=CC(C(=O)NC2CCN(C(=O)OC(C)(C)C)CC2)N2CC1N(OS(=O)(=O)O)C2=O. The van der Waals surface area contributed by atoms with E-state index in [1.807, 2.05) is 0 Å². The van der Waals surface area contributed by atoms with E-state index in [0.717, 1.165) is 0 Å². The molecule has 31 heavy (non-hydrogen) atoms. The molecule has 0 aromatic carbocycles. The summed E-state index contributed by atoms with van der Waals surface area (Å²) < 4.78 is 40.8. The molecular formula is C18H28N4O8S. The first-order chi connectivity index (χ1) is 14.2. The number of hydrogen-bond acceptors (Lipinski definition) is 7. The van der Waals surface area contributed by atoms with Crippen LogP contribution in [0.2, 0.25) is 0 Å². The molecule has 2 saturated heterocycles. The standard InChI is InChI=1S/C18H28N4O8S/c1-11-9-13(21-10-14(11)22(16(21)24)30-31(26,27)28)15(23)19-12-5-7-20(8-6-12)17(25)29-18(2,3)4/h9,12-14H,5-8,10H2,1-4H3,(H,19,23)(H,26,27,28). The lowest BCUT2D eigenvalue weighted by molar-refractivity contribution is -0.125. The van der Waals surface area contributed by atoms with E-state index in [4.69, 9.17) is 9.29 Å². The van der Waals surface area contributed by atoms with Crippen molar-refractivity contribution in [2.24, 2.45) is 0 Å². The molecule has 174 valence electrons. The Labute approximate surface area is 181 Å². The zero-order valence-electron chi connectivity index (χ0n) is 17.9. The van der Waals surface area contributed by atoms with Crippen LogP contribution >= 0.6 is 0 Å². The Hall–Kier alpha value is -2.38. The Morgan fingerprint density at radius 1 is 1.23 bits per heavy atom. The summed E-state index contributed by atoms with van der Waals surface area (Å²) in [5, 5.41) is 3.46. The molecule has 13 heteroatoms. The fourth-order valence-electron chi connectivity index (χ4n) is 3.83. The molecule has 12 nitrogen and oxygen atoms in total. The smallest absolute Gasteiger partial charge is 0.418 e. The van der Waals surface area contributed by atoms with Crippen molar-refractivity contribution in [2.45, 2.75) is 64.3 Å². The van der Waals surface area contributed by atoms with Crippen LogP contribution in [-0.2, 0) is 24.2 Å². The second-order valence-corrected chi connectivity index (χ2v) is 9.89. The zero-order chi connectivity index (χ0) is 23.1. The minimum absolute atomic E-state index is 0.0614. The van der Waals surface area contributed by atoms with Crippen LogP contribution in [0, 0.1) is 0 Å². The second kappa shape index (κ2) is 8.28. The van der Waals surface area contributed by atoms with E-state index < -0.39 is 46.1 Å². The second-order valence-electron chi connectivity index (χ2n) is 8.88. The molecule has 2 atom stereocenters. The number of hydrogen-bond donors (Lipinski definition) is 2. The molecule has 3 aliphatic rings. The molecule has 0 aliphatic carbocycles. The summed E-state index contributed by atoms with van der Waals surface area (Å²) in [6, 6.07) is -2.64.